The summed E-state index contributed by atoms with van der Waals surface area (Å²) in [6, 6.07) is 1.49. The van der Waals surface area contributed by atoms with Crippen LogP contribution in [0.5, 0.6) is 0 Å². The van der Waals surface area contributed by atoms with Gasteiger partial charge in [-0.2, -0.15) is 0 Å². The number of carbonyl (C=O) groups excluding carboxylic acids is 1. The summed E-state index contributed by atoms with van der Waals surface area (Å²) in [7, 11) is 0. The predicted molar refractivity (Wildman–Crippen MR) is 63.1 cm³/mol. The van der Waals surface area contributed by atoms with E-state index in [2.05, 4.69) is 20.3 Å². The molecule has 2 aromatic rings. The molecule has 2 N–H and O–H groups in total. The highest BCUT2D eigenvalue weighted by Gasteiger charge is 2.10. The highest BCUT2D eigenvalue weighted by atomic mass is 35.5. The number of fused-ring (bicyclic) bond motifs is 1. The molecule has 0 bridgehead atoms. The summed E-state index contributed by atoms with van der Waals surface area (Å²) in [5, 5.41) is 11.2. The molecule has 2 heterocycles. The first-order valence-electron chi connectivity index (χ1n) is 4.49. The number of anilines is 1. The Balaban J connectivity index is 2.49. The predicted octanol–water partition coefficient (Wildman–Crippen LogP) is 1.26. The summed E-state index contributed by atoms with van der Waals surface area (Å²) in [6.07, 6.45) is 1.42. The van der Waals surface area contributed by atoms with Crippen LogP contribution in [0.15, 0.2) is 12.3 Å². The van der Waals surface area contributed by atoms with Gasteiger partial charge in [-0.25, -0.2) is 15.0 Å². The number of aliphatic hydroxyl groups is 1. The number of nitrogens with one attached hydrogen (secondary N) is 1. The largest absolute Gasteiger partial charge is 0.387 e. The van der Waals surface area contributed by atoms with Crippen LogP contribution in [0.25, 0.3) is 11.0 Å². The Bertz CT molecular complexity index is 590. The lowest BCUT2D eigenvalue weighted by Gasteiger charge is -2.05. The quantitative estimate of drug-likeness (QED) is 0.804. The van der Waals surface area contributed by atoms with Crippen molar-refractivity contribution >= 4 is 46.0 Å². The molecule has 0 spiro atoms. The number of aliphatic hydroxyl groups excluding tert-OH is 1. The molecule has 8 heteroatoms. The lowest BCUT2D eigenvalue weighted by atomic mass is 10.4. The first-order valence-corrected chi connectivity index (χ1v) is 5.25. The molecule has 1 amide bonds. The van der Waals surface area contributed by atoms with Gasteiger partial charge >= 0.3 is 0 Å². The fourth-order valence-corrected chi connectivity index (χ4v) is 1.50. The van der Waals surface area contributed by atoms with Gasteiger partial charge < -0.3 is 10.4 Å². The summed E-state index contributed by atoms with van der Waals surface area (Å²) in [5.41, 5.74) is 0.907. The Morgan fingerprint density at radius 2 is 2.12 bits per heavy atom. The van der Waals surface area contributed by atoms with Crippen molar-refractivity contribution in [2.24, 2.45) is 0 Å². The van der Waals surface area contributed by atoms with Crippen LogP contribution in [0.4, 0.5) is 5.82 Å². The summed E-state index contributed by atoms with van der Waals surface area (Å²) in [6.45, 7) is -0.660. The van der Waals surface area contributed by atoms with Crippen molar-refractivity contribution < 1.29 is 9.90 Å². The van der Waals surface area contributed by atoms with Crippen LogP contribution in [0.3, 0.4) is 0 Å². The zero-order valence-corrected chi connectivity index (χ0v) is 9.83. The third kappa shape index (κ3) is 2.60. The van der Waals surface area contributed by atoms with E-state index in [0.717, 1.165) is 0 Å². The van der Waals surface area contributed by atoms with Gasteiger partial charge in [0.25, 0.3) is 5.91 Å². The Kier molecular flexibility index (Phi) is 3.37. The number of hydrogen-bond donors (Lipinski definition) is 2. The number of aromatic nitrogens is 3. The first-order chi connectivity index (χ1) is 8.10. The molecular weight excluding hydrogens is 267 g/mol. The molecule has 0 atom stereocenters. The Morgan fingerprint density at radius 1 is 1.35 bits per heavy atom. The van der Waals surface area contributed by atoms with Gasteiger partial charge in [-0.15, -0.1) is 0 Å². The Hall–Kier alpha value is -1.50. The number of halogens is 2. The van der Waals surface area contributed by atoms with Gasteiger partial charge in [-0.05, 0) is 0 Å². The van der Waals surface area contributed by atoms with Crippen molar-refractivity contribution in [3.63, 3.8) is 0 Å². The van der Waals surface area contributed by atoms with E-state index in [-0.39, 0.29) is 16.1 Å². The average molecular weight is 273 g/mol. The minimum Gasteiger partial charge on any atom is -0.387 e. The molecule has 0 aromatic carbocycles. The van der Waals surface area contributed by atoms with Crippen molar-refractivity contribution in [2.45, 2.75) is 0 Å². The van der Waals surface area contributed by atoms with Crippen molar-refractivity contribution in [1.82, 2.24) is 15.0 Å². The first kappa shape index (κ1) is 12.0. The molecule has 0 aliphatic heterocycles. The molecule has 0 saturated carbocycles. The maximum atomic E-state index is 11.0. The van der Waals surface area contributed by atoms with E-state index in [1.165, 1.54) is 12.3 Å². The van der Waals surface area contributed by atoms with Crippen molar-refractivity contribution in [3.8, 4) is 0 Å². The van der Waals surface area contributed by atoms with Gasteiger partial charge in [0.15, 0.2) is 11.0 Å². The second kappa shape index (κ2) is 4.79. The van der Waals surface area contributed by atoms with Crippen LogP contribution in [0, 0.1) is 0 Å². The summed E-state index contributed by atoms with van der Waals surface area (Å²) >= 11 is 11.5. The number of carbonyl (C=O) groups is 1. The van der Waals surface area contributed by atoms with E-state index < -0.39 is 12.5 Å². The normalized spacial score (nSPS) is 10.5. The van der Waals surface area contributed by atoms with Gasteiger partial charge in [0, 0.05) is 6.07 Å². The van der Waals surface area contributed by atoms with Crippen molar-refractivity contribution in [1.29, 1.82) is 0 Å². The SMILES string of the molecule is O=C(CO)Nc1nc2cc(Cl)ncc2nc1Cl. The van der Waals surface area contributed by atoms with Crippen LogP contribution < -0.4 is 5.32 Å². The Labute approximate surface area is 106 Å². The molecule has 0 saturated heterocycles. The second-order valence-electron chi connectivity index (χ2n) is 3.07. The number of rotatable bonds is 2. The third-order valence-corrected chi connectivity index (χ3v) is 2.35. The molecule has 88 valence electrons. The van der Waals surface area contributed by atoms with Crippen molar-refractivity contribution in [3.05, 3.63) is 22.6 Å². The highest BCUT2D eigenvalue weighted by Crippen LogP contribution is 2.21. The summed E-state index contributed by atoms with van der Waals surface area (Å²) < 4.78 is 0. The number of pyridine rings is 1. The van der Waals surface area contributed by atoms with Crippen LogP contribution >= 0.6 is 23.2 Å². The smallest absolute Gasteiger partial charge is 0.251 e. The molecule has 0 aliphatic rings. The highest BCUT2D eigenvalue weighted by molar-refractivity contribution is 6.32. The zero-order chi connectivity index (χ0) is 12.4. The fourth-order valence-electron chi connectivity index (χ4n) is 1.17. The molecular formula is C9H6Cl2N4O2. The van der Waals surface area contributed by atoms with Crippen LogP contribution in [0.2, 0.25) is 10.3 Å². The van der Waals surface area contributed by atoms with Gasteiger partial charge in [0.05, 0.1) is 11.7 Å². The van der Waals surface area contributed by atoms with Crippen LogP contribution in [-0.4, -0.2) is 32.6 Å². The van der Waals surface area contributed by atoms with Gasteiger partial charge in [-0.1, -0.05) is 23.2 Å². The van der Waals surface area contributed by atoms with Gasteiger partial charge in [0.2, 0.25) is 0 Å². The van der Waals surface area contributed by atoms with E-state index in [4.69, 9.17) is 28.3 Å². The molecule has 0 radical (unpaired) electrons. The molecule has 0 aliphatic carbocycles. The molecule has 17 heavy (non-hydrogen) atoms. The van der Waals surface area contributed by atoms with Gasteiger partial charge in [-0.3, -0.25) is 4.79 Å². The molecule has 0 unspecified atom stereocenters. The topological polar surface area (TPSA) is 88.0 Å². The second-order valence-corrected chi connectivity index (χ2v) is 3.81. The minimum atomic E-state index is -0.660. The lowest BCUT2D eigenvalue weighted by molar-refractivity contribution is -0.118. The monoisotopic (exact) mass is 272 g/mol. The zero-order valence-electron chi connectivity index (χ0n) is 8.31. The van der Waals surface area contributed by atoms with Crippen LogP contribution in [0.1, 0.15) is 0 Å². The van der Waals surface area contributed by atoms with E-state index in [1.807, 2.05) is 0 Å². The summed E-state index contributed by atoms with van der Waals surface area (Å²) in [4.78, 5) is 22.9. The van der Waals surface area contributed by atoms with E-state index >= 15 is 0 Å². The Morgan fingerprint density at radius 3 is 2.82 bits per heavy atom. The molecule has 2 rings (SSSR count). The standard InChI is InChI=1S/C9H6Cl2N4O2/c10-6-1-4-5(2-12-6)13-8(11)9(14-4)15-7(17)3-16/h1-2,16H,3H2,(H,14,15,17). The van der Waals surface area contributed by atoms with E-state index in [0.29, 0.717) is 11.0 Å². The molecule has 2 aromatic heterocycles. The number of amides is 1. The molecule has 6 nitrogen and oxygen atoms in total. The lowest BCUT2D eigenvalue weighted by Crippen LogP contribution is -2.17. The summed E-state index contributed by atoms with van der Waals surface area (Å²) in [5.74, 6) is -0.554. The van der Waals surface area contributed by atoms with E-state index in [1.54, 1.807) is 0 Å². The van der Waals surface area contributed by atoms with Gasteiger partial charge in [0.1, 0.15) is 17.3 Å². The maximum Gasteiger partial charge on any atom is 0.251 e. The minimum absolute atomic E-state index is 0.0171. The maximum absolute atomic E-state index is 11.0. The average Bonchev–Trinajstić information content (AvgIpc) is 2.30. The molecule has 0 fully saturated rings. The van der Waals surface area contributed by atoms with Crippen LogP contribution in [-0.2, 0) is 4.79 Å². The fraction of sp³-hybridized carbons (Fsp3) is 0.111. The third-order valence-electron chi connectivity index (χ3n) is 1.88. The number of nitrogens with zero attached hydrogens (tertiary/aromatic N) is 3. The van der Waals surface area contributed by atoms with Crippen molar-refractivity contribution in [2.75, 3.05) is 11.9 Å². The van der Waals surface area contributed by atoms with E-state index in [9.17, 15) is 4.79 Å². The number of hydrogen-bond acceptors (Lipinski definition) is 5.